The van der Waals surface area contributed by atoms with Crippen molar-refractivity contribution in [1.29, 1.82) is 5.41 Å². The molecule has 0 spiro atoms. The third-order valence-corrected chi connectivity index (χ3v) is 2.83. The van der Waals surface area contributed by atoms with Gasteiger partial charge in [-0.05, 0) is 18.6 Å². The van der Waals surface area contributed by atoms with Crippen LogP contribution in [-0.2, 0) is 6.42 Å². The molecule has 0 unspecified atom stereocenters. The number of rotatable bonds is 1. The van der Waals surface area contributed by atoms with E-state index in [0.29, 0.717) is 0 Å². The van der Waals surface area contributed by atoms with E-state index in [9.17, 15) is 0 Å². The Hall–Kier alpha value is -2.37. The van der Waals surface area contributed by atoms with Gasteiger partial charge in [0.15, 0.2) is 0 Å². The number of fused-ring (bicyclic) bond motifs is 1. The maximum atomic E-state index is 7.51. The van der Waals surface area contributed by atoms with Crippen LogP contribution in [-0.4, -0.2) is 27.3 Å². The fourth-order valence-electron chi connectivity index (χ4n) is 2.09. The van der Waals surface area contributed by atoms with E-state index in [1.165, 1.54) is 4.68 Å². The van der Waals surface area contributed by atoms with Gasteiger partial charge in [-0.15, -0.1) is 0 Å². The summed E-state index contributed by atoms with van der Waals surface area (Å²) in [5.41, 5.74) is 8.50. The van der Waals surface area contributed by atoms with E-state index < -0.39 is 0 Å². The summed E-state index contributed by atoms with van der Waals surface area (Å²) in [7, 11) is 0. The van der Waals surface area contributed by atoms with Crippen molar-refractivity contribution in [2.75, 3.05) is 11.9 Å². The second-order valence-electron chi connectivity index (χ2n) is 3.89. The molecular weight excluding hydrogens is 216 g/mol. The second-order valence-corrected chi connectivity index (χ2v) is 3.89. The molecule has 0 saturated carbocycles. The van der Waals surface area contributed by atoms with Crippen LogP contribution in [0.3, 0.4) is 0 Å². The van der Waals surface area contributed by atoms with Crippen LogP contribution in [0.1, 0.15) is 5.56 Å². The number of pyridine rings is 1. The zero-order valence-corrected chi connectivity index (χ0v) is 9.14. The molecule has 86 valence electrons. The molecule has 0 aliphatic carbocycles. The normalized spacial score (nSPS) is 13.2. The smallest absolute Gasteiger partial charge is 0.215 e. The monoisotopic (exact) mass is 228 g/mol. The summed E-state index contributed by atoms with van der Waals surface area (Å²) in [6.07, 6.45) is 4.37. The van der Waals surface area contributed by atoms with Gasteiger partial charge in [0.05, 0.1) is 5.69 Å². The third kappa shape index (κ3) is 1.45. The van der Waals surface area contributed by atoms with Crippen molar-refractivity contribution in [1.82, 2.24) is 14.8 Å². The quantitative estimate of drug-likeness (QED) is 0.493. The standard InChI is InChI=1S/C11H12N6/c12-11(13)17-10-8(3-6-15-10)9(16-17)7-1-4-14-5-2-7/h1-2,4-5,15H,3,6H2,(H3,12,13). The fourth-order valence-corrected chi connectivity index (χ4v) is 2.09. The molecular formula is C11H12N6. The zero-order chi connectivity index (χ0) is 11.8. The van der Waals surface area contributed by atoms with Crippen molar-refractivity contribution in [3.63, 3.8) is 0 Å². The molecule has 3 heterocycles. The molecule has 17 heavy (non-hydrogen) atoms. The van der Waals surface area contributed by atoms with Crippen LogP contribution in [0, 0.1) is 5.41 Å². The largest absolute Gasteiger partial charge is 0.369 e. The van der Waals surface area contributed by atoms with Crippen LogP contribution in [0.5, 0.6) is 0 Å². The number of anilines is 1. The highest BCUT2D eigenvalue weighted by Crippen LogP contribution is 2.31. The van der Waals surface area contributed by atoms with E-state index >= 15 is 0 Å². The van der Waals surface area contributed by atoms with E-state index in [0.717, 1.165) is 35.6 Å². The molecule has 2 aromatic rings. The topological polar surface area (TPSA) is 92.6 Å². The highest BCUT2D eigenvalue weighted by atomic mass is 15.4. The van der Waals surface area contributed by atoms with Gasteiger partial charge < -0.3 is 11.1 Å². The lowest BCUT2D eigenvalue weighted by Crippen LogP contribution is -2.23. The predicted molar refractivity (Wildman–Crippen MR) is 65.0 cm³/mol. The van der Waals surface area contributed by atoms with Crippen LogP contribution >= 0.6 is 0 Å². The van der Waals surface area contributed by atoms with Crippen LogP contribution in [0.2, 0.25) is 0 Å². The maximum absolute atomic E-state index is 7.51. The lowest BCUT2D eigenvalue weighted by atomic mass is 10.1. The average molecular weight is 228 g/mol. The minimum atomic E-state index is -0.0732. The van der Waals surface area contributed by atoms with Crippen molar-refractivity contribution < 1.29 is 0 Å². The Morgan fingerprint density at radius 3 is 2.88 bits per heavy atom. The Labute approximate surface area is 98.0 Å². The summed E-state index contributed by atoms with van der Waals surface area (Å²) in [6, 6.07) is 3.82. The van der Waals surface area contributed by atoms with Crippen LogP contribution < -0.4 is 11.1 Å². The van der Waals surface area contributed by atoms with Crippen molar-refractivity contribution in [3.05, 3.63) is 30.1 Å². The first-order chi connectivity index (χ1) is 8.27. The minimum absolute atomic E-state index is 0.0732. The maximum Gasteiger partial charge on any atom is 0.215 e. The summed E-state index contributed by atoms with van der Waals surface area (Å²) < 4.78 is 1.44. The zero-order valence-electron chi connectivity index (χ0n) is 9.14. The Morgan fingerprint density at radius 1 is 1.41 bits per heavy atom. The molecule has 1 aliphatic rings. The number of hydrogen-bond acceptors (Lipinski definition) is 4. The van der Waals surface area contributed by atoms with Crippen LogP contribution in [0.4, 0.5) is 5.82 Å². The minimum Gasteiger partial charge on any atom is -0.369 e. The van der Waals surface area contributed by atoms with Gasteiger partial charge in [0.1, 0.15) is 5.82 Å². The van der Waals surface area contributed by atoms with Crippen molar-refractivity contribution in [3.8, 4) is 11.3 Å². The second kappa shape index (κ2) is 3.58. The number of hydrogen-bond donors (Lipinski definition) is 3. The fraction of sp³-hybridized carbons (Fsp3) is 0.182. The van der Waals surface area contributed by atoms with Gasteiger partial charge in [0.2, 0.25) is 5.96 Å². The summed E-state index contributed by atoms with van der Waals surface area (Å²) in [5, 5.41) is 15.1. The molecule has 6 nitrogen and oxygen atoms in total. The number of nitrogens with zero attached hydrogens (tertiary/aromatic N) is 3. The SMILES string of the molecule is N=C(N)n1nc(-c2ccncc2)c2c1NCC2. The number of nitrogens with one attached hydrogen (secondary N) is 2. The molecule has 0 fully saturated rings. The molecule has 6 heteroatoms. The first-order valence-corrected chi connectivity index (χ1v) is 5.38. The molecule has 0 saturated heterocycles. The Morgan fingerprint density at radius 2 is 2.18 bits per heavy atom. The van der Waals surface area contributed by atoms with E-state index in [1.54, 1.807) is 12.4 Å². The summed E-state index contributed by atoms with van der Waals surface area (Å²) in [6.45, 7) is 0.860. The van der Waals surface area contributed by atoms with E-state index in [1.807, 2.05) is 12.1 Å². The molecule has 3 rings (SSSR count). The van der Waals surface area contributed by atoms with Crippen molar-refractivity contribution in [2.24, 2.45) is 5.73 Å². The molecule has 2 aromatic heterocycles. The molecule has 0 radical (unpaired) electrons. The van der Waals surface area contributed by atoms with Gasteiger partial charge in [0, 0.05) is 30.1 Å². The van der Waals surface area contributed by atoms with Gasteiger partial charge >= 0.3 is 0 Å². The molecule has 0 atom stereocenters. The van der Waals surface area contributed by atoms with Gasteiger partial charge in [-0.25, -0.2) is 0 Å². The first kappa shape index (κ1) is 9.83. The molecule has 1 aliphatic heterocycles. The van der Waals surface area contributed by atoms with Crippen molar-refractivity contribution in [2.45, 2.75) is 6.42 Å². The van der Waals surface area contributed by atoms with E-state index in [4.69, 9.17) is 11.1 Å². The molecule has 0 bridgehead atoms. The van der Waals surface area contributed by atoms with Gasteiger partial charge in [0.25, 0.3) is 0 Å². The van der Waals surface area contributed by atoms with E-state index in [2.05, 4.69) is 15.4 Å². The Bertz CT molecular complexity index is 571. The molecule has 0 aromatic carbocycles. The third-order valence-electron chi connectivity index (χ3n) is 2.83. The predicted octanol–water partition coefficient (Wildman–Crippen LogP) is 0.655. The summed E-state index contributed by atoms with van der Waals surface area (Å²) in [5.74, 6) is 0.764. The lowest BCUT2D eigenvalue weighted by molar-refractivity contribution is 0.910. The number of aromatic nitrogens is 3. The Balaban J connectivity index is 2.19. The highest BCUT2D eigenvalue weighted by molar-refractivity contribution is 5.84. The first-order valence-electron chi connectivity index (χ1n) is 5.38. The summed E-state index contributed by atoms with van der Waals surface area (Å²) >= 11 is 0. The number of nitrogens with two attached hydrogens (primary N) is 1. The van der Waals surface area contributed by atoms with Gasteiger partial charge in [-0.2, -0.15) is 9.78 Å². The van der Waals surface area contributed by atoms with Gasteiger partial charge in [-0.3, -0.25) is 10.4 Å². The van der Waals surface area contributed by atoms with Crippen LogP contribution in [0.15, 0.2) is 24.5 Å². The van der Waals surface area contributed by atoms with Crippen molar-refractivity contribution >= 4 is 11.8 Å². The Kier molecular flexibility index (Phi) is 2.07. The average Bonchev–Trinajstić information content (AvgIpc) is 2.90. The van der Waals surface area contributed by atoms with Crippen LogP contribution in [0.25, 0.3) is 11.3 Å². The molecule has 0 amide bonds. The summed E-state index contributed by atoms with van der Waals surface area (Å²) in [4.78, 5) is 3.99. The highest BCUT2D eigenvalue weighted by Gasteiger charge is 2.23. The molecule has 4 N–H and O–H groups in total. The van der Waals surface area contributed by atoms with Gasteiger partial charge in [-0.1, -0.05) is 0 Å². The number of nitrogen functional groups attached to an aromatic ring is 1. The lowest BCUT2D eigenvalue weighted by Gasteiger charge is -2.02. The van der Waals surface area contributed by atoms with E-state index in [-0.39, 0.29) is 5.96 Å².